The molecule has 0 bridgehead atoms. The van der Waals surface area contributed by atoms with Crippen molar-refractivity contribution >= 4 is 39.5 Å². The highest BCUT2D eigenvalue weighted by molar-refractivity contribution is 7.47. The molecule has 0 aromatic rings. The third-order valence-corrected chi connectivity index (χ3v) is 20.4. The summed E-state index contributed by atoms with van der Waals surface area (Å²) in [6.45, 7) is 14.2. The third-order valence-electron chi connectivity index (χ3n) is 18.5. The number of aliphatic hydroxyl groups excluding tert-OH is 1. The standard InChI is InChI=1S/C77H150O17P2/c1-9-69(7)55-47-39-31-23-19-17-15-13-11-12-14-16-18-20-24-33-41-49-57-74(79)87-63-72(93-76(81)59-51-43-34-25-21-22-29-37-45-53-67(3)4)65-91-95(83,84)89-61-71(78)62-90-96(85,86)92-66-73(64-88-75(80)58-50-42-36-28-30-38-46-54-68(5)6)94-77(82)60-52-44-35-27-26-32-40-48-56-70(8)10-2/h67-73,78H,9-66H2,1-8H3,(H,83,84)(H,85,86)/t69?,70?,71?,72-,73-/m1/s1. The molecule has 5 unspecified atom stereocenters. The average Bonchev–Trinajstić information content (AvgIpc) is 1.17. The van der Waals surface area contributed by atoms with Crippen LogP contribution in [-0.4, -0.2) is 96.7 Å². The molecule has 3 N–H and O–H groups in total. The van der Waals surface area contributed by atoms with Crippen molar-refractivity contribution in [1.29, 1.82) is 0 Å². The number of aliphatic hydroxyl groups is 1. The van der Waals surface area contributed by atoms with Gasteiger partial charge in [0.1, 0.15) is 19.3 Å². The van der Waals surface area contributed by atoms with E-state index in [0.717, 1.165) is 114 Å². The van der Waals surface area contributed by atoms with Crippen LogP contribution in [0.2, 0.25) is 0 Å². The second kappa shape index (κ2) is 66.3. The predicted octanol–water partition coefficient (Wildman–Crippen LogP) is 22.4. The van der Waals surface area contributed by atoms with Crippen LogP contribution in [-0.2, 0) is 65.4 Å². The van der Waals surface area contributed by atoms with E-state index in [2.05, 4.69) is 55.4 Å². The Labute approximate surface area is 588 Å². The summed E-state index contributed by atoms with van der Waals surface area (Å²) < 4.78 is 68.5. The van der Waals surface area contributed by atoms with Crippen LogP contribution in [0.1, 0.15) is 389 Å². The van der Waals surface area contributed by atoms with E-state index in [1.165, 1.54) is 186 Å². The summed E-state index contributed by atoms with van der Waals surface area (Å²) in [6, 6.07) is 0. The van der Waals surface area contributed by atoms with Gasteiger partial charge in [0, 0.05) is 25.7 Å². The molecular formula is C77H150O17P2. The summed E-state index contributed by atoms with van der Waals surface area (Å²) in [5.41, 5.74) is 0. The topological polar surface area (TPSA) is 237 Å². The van der Waals surface area contributed by atoms with Crippen LogP contribution in [0.4, 0.5) is 0 Å². The molecule has 570 valence electrons. The Morgan fingerprint density at radius 2 is 0.500 bits per heavy atom. The average molecular weight is 1410 g/mol. The number of carbonyl (C=O) groups excluding carboxylic acids is 4. The van der Waals surface area contributed by atoms with E-state index in [1.54, 1.807) is 0 Å². The van der Waals surface area contributed by atoms with Crippen molar-refractivity contribution in [2.24, 2.45) is 23.7 Å². The van der Waals surface area contributed by atoms with E-state index in [1.807, 2.05) is 0 Å². The first-order valence-electron chi connectivity index (χ1n) is 39.8. The van der Waals surface area contributed by atoms with Crippen LogP contribution in [0.3, 0.4) is 0 Å². The molecule has 0 rings (SSSR count). The van der Waals surface area contributed by atoms with Crippen LogP contribution in [0.15, 0.2) is 0 Å². The number of carbonyl (C=O) groups is 4. The summed E-state index contributed by atoms with van der Waals surface area (Å²) in [5.74, 6) is 0.961. The van der Waals surface area contributed by atoms with Gasteiger partial charge in [-0.1, -0.05) is 338 Å². The lowest BCUT2D eigenvalue weighted by atomic mass is 9.99. The number of hydrogen-bond acceptors (Lipinski definition) is 15. The number of ether oxygens (including phenoxy) is 4. The molecule has 0 fully saturated rings. The largest absolute Gasteiger partial charge is 0.472 e. The Balaban J connectivity index is 5.16. The second-order valence-electron chi connectivity index (χ2n) is 29.2. The van der Waals surface area contributed by atoms with Gasteiger partial charge in [-0.15, -0.1) is 0 Å². The van der Waals surface area contributed by atoms with E-state index < -0.39 is 97.5 Å². The van der Waals surface area contributed by atoms with Gasteiger partial charge in [-0.05, 0) is 49.4 Å². The van der Waals surface area contributed by atoms with E-state index >= 15 is 0 Å². The minimum Gasteiger partial charge on any atom is -0.462 e. The fraction of sp³-hybridized carbons (Fsp3) is 0.948. The minimum absolute atomic E-state index is 0.104. The minimum atomic E-state index is -4.96. The van der Waals surface area contributed by atoms with Crippen molar-refractivity contribution in [1.82, 2.24) is 0 Å². The normalized spacial score (nSPS) is 14.7. The zero-order chi connectivity index (χ0) is 71.0. The maximum absolute atomic E-state index is 13.1. The fourth-order valence-electron chi connectivity index (χ4n) is 11.7. The molecule has 96 heavy (non-hydrogen) atoms. The number of unbranched alkanes of at least 4 members (excludes halogenated alkanes) is 38. The van der Waals surface area contributed by atoms with Crippen molar-refractivity contribution in [3.8, 4) is 0 Å². The quantitative estimate of drug-likeness (QED) is 0.0222. The SMILES string of the molecule is CCC(C)CCCCCCCCCCCCCCCCCCCCC(=O)OC[C@H](COP(=O)(O)OCC(O)COP(=O)(O)OC[C@@H](COC(=O)CCCCCCCCCC(C)C)OC(=O)CCCCCCCCCCC(C)CC)OC(=O)CCCCCCCCCCCC(C)C. The first kappa shape index (κ1) is 94.1. The zero-order valence-electron chi connectivity index (χ0n) is 63.0. The van der Waals surface area contributed by atoms with Crippen LogP contribution in [0.25, 0.3) is 0 Å². The van der Waals surface area contributed by atoms with Gasteiger partial charge >= 0.3 is 39.5 Å². The van der Waals surface area contributed by atoms with Crippen molar-refractivity contribution in [3.05, 3.63) is 0 Å². The highest BCUT2D eigenvalue weighted by atomic mass is 31.2. The predicted molar refractivity (Wildman–Crippen MR) is 391 cm³/mol. The van der Waals surface area contributed by atoms with E-state index in [0.29, 0.717) is 31.6 Å². The highest BCUT2D eigenvalue weighted by Crippen LogP contribution is 2.45. The van der Waals surface area contributed by atoms with Crippen LogP contribution < -0.4 is 0 Å². The molecule has 0 aliphatic carbocycles. The first-order chi connectivity index (χ1) is 46.2. The summed E-state index contributed by atoms with van der Waals surface area (Å²) in [6.07, 6.45) is 51.5. The lowest BCUT2D eigenvalue weighted by Crippen LogP contribution is -2.30. The van der Waals surface area contributed by atoms with Gasteiger partial charge in [0.15, 0.2) is 12.2 Å². The van der Waals surface area contributed by atoms with Gasteiger partial charge in [-0.3, -0.25) is 37.3 Å². The molecule has 0 heterocycles. The number of phosphoric ester groups is 2. The summed E-state index contributed by atoms with van der Waals surface area (Å²) in [5, 5.41) is 10.6. The number of rotatable bonds is 74. The molecule has 7 atom stereocenters. The van der Waals surface area contributed by atoms with Gasteiger partial charge in [-0.25, -0.2) is 9.13 Å². The molecule has 0 saturated heterocycles. The van der Waals surface area contributed by atoms with Gasteiger partial charge in [0.25, 0.3) is 0 Å². The van der Waals surface area contributed by atoms with Crippen LogP contribution in [0, 0.1) is 23.7 Å². The van der Waals surface area contributed by atoms with E-state index in [4.69, 9.17) is 37.0 Å². The fourth-order valence-corrected chi connectivity index (χ4v) is 13.2. The van der Waals surface area contributed by atoms with Gasteiger partial charge in [0.2, 0.25) is 0 Å². The lowest BCUT2D eigenvalue weighted by molar-refractivity contribution is -0.161. The van der Waals surface area contributed by atoms with Crippen molar-refractivity contribution in [3.63, 3.8) is 0 Å². The molecule has 0 aromatic carbocycles. The van der Waals surface area contributed by atoms with Crippen molar-refractivity contribution in [2.45, 2.75) is 408 Å². The molecule has 0 spiro atoms. The van der Waals surface area contributed by atoms with E-state index in [9.17, 15) is 43.2 Å². The Hall–Kier alpha value is -1.94. The number of hydrogen-bond donors (Lipinski definition) is 3. The van der Waals surface area contributed by atoms with Gasteiger partial charge in [0.05, 0.1) is 26.4 Å². The van der Waals surface area contributed by atoms with Crippen LogP contribution >= 0.6 is 15.6 Å². The van der Waals surface area contributed by atoms with Gasteiger partial charge < -0.3 is 33.8 Å². The number of phosphoric acid groups is 2. The summed E-state index contributed by atoms with van der Waals surface area (Å²) >= 11 is 0. The Bertz CT molecular complexity index is 1890. The molecule has 0 aromatic heterocycles. The first-order valence-corrected chi connectivity index (χ1v) is 42.8. The summed E-state index contributed by atoms with van der Waals surface area (Å²) in [4.78, 5) is 72.8. The smallest absolute Gasteiger partial charge is 0.462 e. The highest BCUT2D eigenvalue weighted by Gasteiger charge is 2.30. The monoisotopic (exact) mass is 1410 g/mol. The molecule has 17 nitrogen and oxygen atoms in total. The Morgan fingerprint density at radius 1 is 0.292 bits per heavy atom. The third kappa shape index (κ3) is 67.9. The molecule has 0 aliphatic heterocycles. The maximum atomic E-state index is 13.1. The zero-order valence-corrected chi connectivity index (χ0v) is 64.8. The van der Waals surface area contributed by atoms with Crippen LogP contribution in [0.5, 0.6) is 0 Å². The second-order valence-corrected chi connectivity index (χ2v) is 32.1. The molecular weight excluding hydrogens is 1260 g/mol. The Kier molecular flexibility index (Phi) is 65.0. The molecule has 19 heteroatoms. The van der Waals surface area contributed by atoms with Gasteiger partial charge in [-0.2, -0.15) is 0 Å². The molecule has 0 aliphatic rings. The van der Waals surface area contributed by atoms with Crippen molar-refractivity contribution < 1.29 is 80.2 Å². The molecule has 0 amide bonds. The lowest BCUT2D eigenvalue weighted by Gasteiger charge is -2.21. The molecule has 0 radical (unpaired) electrons. The maximum Gasteiger partial charge on any atom is 0.472 e. The molecule has 0 saturated carbocycles. The Morgan fingerprint density at radius 3 is 0.740 bits per heavy atom. The number of esters is 4. The van der Waals surface area contributed by atoms with E-state index in [-0.39, 0.29) is 25.7 Å². The summed E-state index contributed by atoms with van der Waals surface area (Å²) in [7, 11) is -9.91. The van der Waals surface area contributed by atoms with Crippen molar-refractivity contribution in [2.75, 3.05) is 39.6 Å².